The molecule has 0 radical (unpaired) electrons. The molecule has 1 aliphatic carbocycles. The van der Waals surface area contributed by atoms with Gasteiger partial charge in [-0.1, -0.05) is 41.0 Å². The number of likely N-dealkylation sites (tertiary alicyclic amines) is 1. The zero-order chi connectivity index (χ0) is 16.7. The molecule has 122 valence electrons. The molecule has 1 aromatic carbocycles. The van der Waals surface area contributed by atoms with Crippen molar-refractivity contribution in [2.45, 2.75) is 19.4 Å². The van der Waals surface area contributed by atoms with Gasteiger partial charge in [0.05, 0.1) is 18.4 Å². The molecule has 1 aliphatic heterocycles. The van der Waals surface area contributed by atoms with Gasteiger partial charge in [-0.05, 0) is 25.0 Å². The zero-order valence-corrected chi connectivity index (χ0v) is 13.6. The van der Waals surface area contributed by atoms with Crippen LogP contribution >= 0.6 is 11.6 Å². The number of benzene rings is 1. The van der Waals surface area contributed by atoms with Crippen LogP contribution in [0.1, 0.15) is 18.6 Å². The van der Waals surface area contributed by atoms with Gasteiger partial charge in [0.15, 0.2) is 5.76 Å². The Morgan fingerprint density at radius 2 is 1.71 bits per heavy atom. The lowest BCUT2D eigenvalue weighted by Gasteiger charge is -2.14. The predicted molar refractivity (Wildman–Crippen MR) is 87.9 cm³/mol. The van der Waals surface area contributed by atoms with E-state index in [4.69, 9.17) is 16.1 Å². The highest BCUT2D eigenvalue weighted by Crippen LogP contribution is 2.36. The molecule has 5 nitrogen and oxygen atoms in total. The normalized spacial score (nSPS) is 23.0. The lowest BCUT2D eigenvalue weighted by molar-refractivity contribution is -0.140. The van der Waals surface area contributed by atoms with Crippen LogP contribution in [0.5, 0.6) is 0 Å². The molecule has 0 saturated carbocycles. The fraction of sp³-hybridized carbons (Fsp3) is 0.278. The monoisotopic (exact) mass is 342 g/mol. The van der Waals surface area contributed by atoms with Crippen molar-refractivity contribution in [1.82, 2.24) is 10.1 Å². The molecule has 0 unspecified atom stereocenters. The Morgan fingerprint density at radius 1 is 1.08 bits per heavy atom. The van der Waals surface area contributed by atoms with Crippen LogP contribution in [0.25, 0.3) is 11.3 Å². The number of rotatable bonds is 3. The Morgan fingerprint density at radius 3 is 2.33 bits per heavy atom. The molecule has 1 fully saturated rings. The van der Waals surface area contributed by atoms with Crippen LogP contribution in [0.15, 0.2) is 47.0 Å². The first-order valence-electron chi connectivity index (χ1n) is 7.85. The van der Waals surface area contributed by atoms with Gasteiger partial charge in [-0.3, -0.25) is 14.5 Å². The molecule has 0 N–H and O–H groups in total. The summed E-state index contributed by atoms with van der Waals surface area (Å²) < 4.78 is 5.32. The van der Waals surface area contributed by atoms with Gasteiger partial charge in [-0.15, -0.1) is 0 Å². The van der Waals surface area contributed by atoms with Crippen LogP contribution in [0.2, 0.25) is 5.02 Å². The Labute approximate surface area is 143 Å². The van der Waals surface area contributed by atoms with Crippen molar-refractivity contribution in [1.29, 1.82) is 0 Å². The van der Waals surface area contributed by atoms with Gasteiger partial charge in [0.25, 0.3) is 0 Å². The molecule has 2 aromatic rings. The number of imide groups is 1. The summed E-state index contributed by atoms with van der Waals surface area (Å²) in [5, 5.41) is 4.66. The van der Waals surface area contributed by atoms with Crippen molar-refractivity contribution in [2.24, 2.45) is 11.8 Å². The minimum Gasteiger partial charge on any atom is -0.359 e. The van der Waals surface area contributed by atoms with Crippen molar-refractivity contribution >= 4 is 23.4 Å². The van der Waals surface area contributed by atoms with Crippen molar-refractivity contribution in [3.63, 3.8) is 0 Å². The second kappa shape index (κ2) is 5.91. The second-order valence-corrected chi connectivity index (χ2v) is 6.54. The number of fused-ring (bicyclic) bond motifs is 1. The molecule has 2 amide bonds. The Kier molecular flexibility index (Phi) is 3.73. The molecule has 2 heterocycles. The molecule has 0 bridgehead atoms. The van der Waals surface area contributed by atoms with Crippen molar-refractivity contribution < 1.29 is 14.1 Å². The lowest BCUT2D eigenvalue weighted by Crippen LogP contribution is -2.30. The van der Waals surface area contributed by atoms with E-state index in [2.05, 4.69) is 5.16 Å². The fourth-order valence-electron chi connectivity index (χ4n) is 3.32. The minimum absolute atomic E-state index is 0.112. The second-order valence-electron chi connectivity index (χ2n) is 6.10. The van der Waals surface area contributed by atoms with Crippen LogP contribution in [0, 0.1) is 11.8 Å². The number of nitrogens with zero attached hydrogens (tertiary/aromatic N) is 2. The highest BCUT2D eigenvalue weighted by molar-refractivity contribution is 6.30. The van der Waals surface area contributed by atoms with E-state index < -0.39 is 0 Å². The topological polar surface area (TPSA) is 63.4 Å². The third-order valence-electron chi connectivity index (χ3n) is 4.61. The van der Waals surface area contributed by atoms with E-state index in [1.807, 2.05) is 24.3 Å². The molecule has 1 aromatic heterocycles. The molecular weight excluding hydrogens is 328 g/mol. The maximum Gasteiger partial charge on any atom is 0.233 e. The first-order valence-corrected chi connectivity index (χ1v) is 8.23. The van der Waals surface area contributed by atoms with E-state index in [9.17, 15) is 9.59 Å². The molecule has 2 atom stereocenters. The van der Waals surface area contributed by atoms with E-state index in [0.29, 0.717) is 29.3 Å². The van der Waals surface area contributed by atoms with Gasteiger partial charge in [0, 0.05) is 16.7 Å². The Bertz CT molecular complexity index is 799. The third kappa shape index (κ3) is 2.55. The Hall–Kier alpha value is -2.40. The molecule has 2 aliphatic rings. The van der Waals surface area contributed by atoms with Crippen LogP contribution in [-0.2, 0) is 16.1 Å². The molecule has 1 saturated heterocycles. The summed E-state index contributed by atoms with van der Waals surface area (Å²) in [5.41, 5.74) is 1.52. The molecule has 4 rings (SSSR count). The summed E-state index contributed by atoms with van der Waals surface area (Å²) in [6.07, 6.45) is 5.22. The predicted octanol–water partition coefficient (Wildman–Crippen LogP) is 3.45. The van der Waals surface area contributed by atoms with Crippen molar-refractivity contribution in [2.75, 3.05) is 0 Å². The minimum atomic E-state index is -0.221. The molecule has 6 heteroatoms. The quantitative estimate of drug-likeness (QED) is 0.633. The van der Waals surface area contributed by atoms with Crippen LogP contribution < -0.4 is 0 Å². The summed E-state index contributed by atoms with van der Waals surface area (Å²) in [5.74, 6) is -0.173. The van der Waals surface area contributed by atoms with E-state index in [1.54, 1.807) is 18.2 Å². The van der Waals surface area contributed by atoms with Gasteiger partial charge >= 0.3 is 0 Å². The number of carbonyl (C=O) groups excluding carboxylic acids is 2. The van der Waals surface area contributed by atoms with Crippen LogP contribution in [-0.4, -0.2) is 21.9 Å². The fourth-order valence-corrected chi connectivity index (χ4v) is 3.45. The highest BCUT2D eigenvalue weighted by Gasteiger charge is 2.47. The summed E-state index contributed by atoms with van der Waals surface area (Å²) in [4.78, 5) is 26.2. The summed E-state index contributed by atoms with van der Waals surface area (Å²) in [6, 6.07) is 8.99. The van der Waals surface area contributed by atoms with E-state index in [-0.39, 0.29) is 30.2 Å². The van der Waals surface area contributed by atoms with E-state index in [1.165, 1.54) is 4.90 Å². The Balaban J connectivity index is 1.53. The first kappa shape index (κ1) is 15.1. The lowest BCUT2D eigenvalue weighted by atomic mass is 9.85. The first-order chi connectivity index (χ1) is 11.6. The average Bonchev–Trinajstić information content (AvgIpc) is 3.16. The molecule has 24 heavy (non-hydrogen) atoms. The standard InChI is InChI=1S/C18H15ClN2O3/c19-12-7-5-11(6-8-12)16-9-13(24-20-16)10-21-17(22)14-3-1-2-4-15(14)18(21)23/h1-2,5-9,14-15H,3-4,10H2/t14-,15-/m0/s1. The number of aromatic nitrogens is 1. The van der Waals surface area contributed by atoms with Crippen LogP contribution in [0.3, 0.4) is 0 Å². The van der Waals surface area contributed by atoms with Crippen molar-refractivity contribution in [3.8, 4) is 11.3 Å². The average molecular weight is 343 g/mol. The number of amides is 2. The largest absolute Gasteiger partial charge is 0.359 e. The summed E-state index contributed by atoms with van der Waals surface area (Å²) in [6.45, 7) is 0.130. The maximum absolute atomic E-state index is 12.5. The zero-order valence-electron chi connectivity index (χ0n) is 12.8. The van der Waals surface area contributed by atoms with Crippen molar-refractivity contribution in [3.05, 3.63) is 53.3 Å². The number of hydrogen-bond acceptors (Lipinski definition) is 4. The van der Waals surface area contributed by atoms with E-state index in [0.717, 1.165) is 5.56 Å². The maximum atomic E-state index is 12.5. The number of allylic oxidation sites excluding steroid dienone is 2. The molecular formula is C18H15ClN2O3. The number of carbonyl (C=O) groups is 2. The van der Waals surface area contributed by atoms with Gasteiger partial charge in [-0.25, -0.2) is 0 Å². The van der Waals surface area contributed by atoms with Gasteiger partial charge in [-0.2, -0.15) is 0 Å². The SMILES string of the molecule is O=C1[C@H]2CC=CC[C@@H]2C(=O)N1Cc1cc(-c2ccc(Cl)cc2)no1. The summed E-state index contributed by atoms with van der Waals surface area (Å²) >= 11 is 5.88. The van der Waals surface area contributed by atoms with Gasteiger partial charge in [0.2, 0.25) is 11.8 Å². The molecule has 0 spiro atoms. The summed E-state index contributed by atoms with van der Waals surface area (Å²) in [7, 11) is 0. The number of hydrogen-bond donors (Lipinski definition) is 0. The van der Waals surface area contributed by atoms with Crippen LogP contribution in [0.4, 0.5) is 0 Å². The smallest absolute Gasteiger partial charge is 0.233 e. The third-order valence-corrected chi connectivity index (χ3v) is 4.86. The van der Waals surface area contributed by atoms with E-state index >= 15 is 0 Å². The van der Waals surface area contributed by atoms with Gasteiger partial charge < -0.3 is 4.52 Å². The van der Waals surface area contributed by atoms with Gasteiger partial charge in [0.1, 0.15) is 5.69 Å². The highest BCUT2D eigenvalue weighted by atomic mass is 35.5. The number of halogens is 1.